The molecule has 0 spiro atoms. The molecule has 1 aliphatic rings. The number of benzene rings is 1. The summed E-state index contributed by atoms with van der Waals surface area (Å²) in [7, 11) is 1.68. The van der Waals surface area contributed by atoms with Gasteiger partial charge in [-0.2, -0.15) is 17.7 Å². The van der Waals surface area contributed by atoms with E-state index in [2.05, 4.69) is 56.6 Å². The van der Waals surface area contributed by atoms with E-state index in [1.54, 1.807) is 7.11 Å². The van der Waals surface area contributed by atoms with Crippen LogP contribution in [0.4, 0.5) is 18.9 Å². The number of fused-ring (bicyclic) bond motifs is 1. The number of ketones is 1. The summed E-state index contributed by atoms with van der Waals surface area (Å²) in [4.78, 5) is 24.9. The number of carbonyl (C=O) groups excluding carboxylic acids is 1. The van der Waals surface area contributed by atoms with E-state index in [0.29, 0.717) is 30.3 Å². The molecule has 1 saturated heterocycles. The molecule has 0 radical (unpaired) electrons. The number of carboxylic acid groups (broad SMARTS) is 1. The fourth-order valence-electron chi connectivity index (χ4n) is 5.24. The van der Waals surface area contributed by atoms with E-state index in [1.165, 1.54) is 9.20 Å². The number of nitrogens with one attached hydrogen (secondary N) is 1. The highest BCUT2D eigenvalue weighted by Gasteiger charge is 2.38. The number of Topliss-reactive ketones (excluding diaryl/α,β-unsaturated/α-hetero) is 1. The molecule has 2 N–H and O–H groups in total. The van der Waals surface area contributed by atoms with Crippen LogP contribution in [0.15, 0.2) is 12.1 Å². The molecule has 47 heavy (non-hydrogen) atoms. The largest absolute Gasteiger partial charge is 0.494 e. The molecule has 0 amide bonds. The smallest absolute Gasteiger partial charge is 0.490 e. The number of alkyl halides is 3. The second kappa shape index (κ2) is 15.2. The molecule has 1 aliphatic heterocycles. The molecule has 0 aliphatic carbocycles. The number of anilines is 1. The summed E-state index contributed by atoms with van der Waals surface area (Å²) in [6.07, 6.45) is -2.56. The van der Waals surface area contributed by atoms with Gasteiger partial charge < -0.3 is 24.2 Å². The number of carbonyl (C=O) groups is 2. The van der Waals surface area contributed by atoms with E-state index in [9.17, 15) is 18.0 Å². The molecular formula is C32H45F3N6O6. The topological polar surface area (TPSA) is 144 Å². The number of ether oxygens (including phenoxy) is 3. The van der Waals surface area contributed by atoms with Crippen LogP contribution in [0.5, 0.6) is 11.6 Å². The van der Waals surface area contributed by atoms with Gasteiger partial charge in [0.2, 0.25) is 11.5 Å². The molecular weight excluding hydrogens is 621 g/mol. The lowest BCUT2D eigenvalue weighted by atomic mass is 9.84. The number of aliphatic carboxylic acids is 1. The van der Waals surface area contributed by atoms with Crippen molar-refractivity contribution in [2.24, 2.45) is 0 Å². The summed E-state index contributed by atoms with van der Waals surface area (Å²) in [5, 5.41) is 25.3. The molecule has 1 aromatic carbocycles. The average Bonchev–Trinajstić information content (AvgIpc) is 3.33. The Labute approximate surface area is 271 Å². The molecule has 260 valence electrons. The number of rotatable bonds is 10. The Morgan fingerprint density at radius 3 is 2.17 bits per heavy atom. The number of hydrogen-bond acceptors (Lipinski definition) is 9. The summed E-state index contributed by atoms with van der Waals surface area (Å²) >= 11 is 0. The third kappa shape index (κ3) is 8.62. The maximum atomic E-state index is 13.8. The summed E-state index contributed by atoms with van der Waals surface area (Å²) in [6, 6.07) is 3.83. The van der Waals surface area contributed by atoms with Crippen LogP contribution >= 0.6 is 0 Å². The number of morpholine rings is 1. The van der Waals surface area contributed by atoms with Crippen LogP contribution < -0.4 is 20.0 Å². The molecule has 0 atom stereocenters. The highest BCUT2D eigenvalue weighted by Crippen LogP contribution is 2.40. The van der Waals surface area contributed by atoms with Crippen molar-refractivity contribution in [2.45, 2.75) is 92.0 Å². The van der Waals surface area contributed by atoms with Crippen LogP contribution in [-0.4, -0.2) is 81.9 Å². The normalized spacial score (nSPS) is 13.8. The molecule has 4 rings (SSSR count). The molecule has 12 nitrogen and oxygen atoms in total. The number of carboxylic acids is 1. The predicted octanol–water partition coefficient (Wildman–Crippen LogP) is 5.11. The van der Waals surface area contributed by atoms with Gasteiger partial charge in [0.25, 0.3) is 0 Å². The lowest BCUT2D eigenvalue weighted by molar-refractivity contribution is -0.192. The average molecular weight is 667 g/mol. The minimum absolute atomic E-state index is 0.0291. The lowest BCUT2D eigenvalue weighted by Crippen LogP contribution is -2.37. The Hall–Kier alpha value is -4.14. The standard InChI is InChI=1S/C30H44N6O4.C2HF3O2/c1-9-21(10-2)40-28-22(11-3)19(4)27-32-35(29(31)36(27)33-28)18-25(37)20-16-23(30(5,6)7)26(38-8)24(17-20)34-12-14-39-15-13-34;3-2(4,5)1(6)7/h16-17,21,31H,9-15,18H2,1-8H3;(H,6,7). The fraction of sp³-hybridized carbons (Fsp3) is 0.594. The van der Waals surface area contributed by atoms with Gasteiger partial charge in [0.05, 0.1) is 32.1 Å². The van der Waals surface area contributed by atoms with Gasteiger partial charge in [0, 0.05) is 35.3 Å². The van der Waals surface area contributed by atoms with Crippen molar-refractivity contribution in [1.82, 2.24) is 19.4 Å². The number of aromatic nitrogens is 4. The van der Waals surface area contributed by atoms with E-state index in [-0.39, 0.29) is 29.5 Å². The van der Waals surface area contributed by atoms with Crippen molar-refractivity contribution in [3.8, 4) is 11.6 Å². The summed E-state index contributed by atoms with van der Waals surface area (Å²) < 4.78 is 52.3. The highest BCUT2D eigenvalue weighted by molar-refractivity contribution is 5.98. The van der Waals surface area contributed by atoms with Gasteiger partial charge in [-0.05, 0) is 43.7 Å². The van der Waals surface area contributed by atoms with Crippen molar-refractivity contribution in [2.75, 3.05) is 38.3 Å². The van der Waals surface area contributed by atoms with Crippen molar-refractivity contribution >= 4 is 23.1 Å². The van der Waals surface area contributed by atoms with Crippen molar-refractivity contribution in [1.29, 1.82) is 5.41 Å². The Bertz CT molecular complexity index is 1630. The van der Waals surface area contributed by atoms with E-state index in [1.807, 2.05) is 19.1 Å². The maximum absolute atomic E-state index is 13.8. The number of nitrogens with zero attached hydrogens (tertiary/aromatic N) is 5. The second-order valence-corrected chi connectivity index (χ2v) is 12.2. The molecule has 0 bridgehead atoms. The van der Waals surface area contributed by atoms with Crippen LogP contribution in [0.25, 0.3) is 5.65 Å². The molecule has 15 heteroatoms. The van der Waals surface area contributed by atoms with Gasteiger partial charge in [-0.25, -0.2) is 9.48 Å². The Morgan fingerprint density at radius 2 is 1.68 bits per heavy atom. The van der Waals surface area contributed by atoms with Crippen LogP contribution in [0.2, 0.25) is 0 Å². The zero-order chi connectivity index (χ0) is 35.3. The molecule has 1 fully saturated rings. The van der Waals surface area contributed by atoms with Gasteiger partial charge in [-0.3, -0.25) is 10.2 Å². The van der Waals surface area contributed by atoms with E-state index >= 15 is 0 Å². The monoisotopic (exact) mass is 666 g/mol. The Morgan fingerprint density at radius 1 is 1.09 bits per heavy atom. The van der Waals surface area contributed by atoms with Gasteiger partial charge in [-0.15, -0.1) is 10.2 Å². The minimum atomic E-state index is -5.08. The lowest BCUT2D eigenvalue weighted by Gasteiger charge is -2.33. The third-order valence-corrected chi connectivity index (χ3v) is 7.93. The van der Waals surface area contributed by atoms with Gasteiger partial charge in [0.15, 0.2) is 11.4 Å². The quantitative estimate of drug-likeness (QED) is 0.282. The number of methoxy groups -OCH3 is 1. The maximum Gasteiger partial charge on any atom is 0.490 e. The second-order valence-electron chi connectivity index (χ2n) is 12.2. The van der Waals surface area contributed by atoms with Crippen LogP contribution in [0, 0.1) is 12.3 Å². The Balaban J connectivity index is 0.000000771. The third-order valence-electron chi connectivity index (χ3n) is 7.93. The zero-order valence-electron chi connectivity index (χ0n) is 28.2. The van der Waals surface area contributed by atoms with Crippen LogP contribution in [-0.2, 0) is 27.9 Å². The first kappa shape index (κ1) is 37.3. The van der Waals surface area contributed by atoms with Crippen molar-refractivity contribution in [3.63, 3.8) is 0 Å². The molecule has 3 aromatic rings. The number of aryl methyl sites for hydroxylation is 1. The van der Waals surface area contributed by atoms with Crippen LogP contribution in [0.1, 0.15) is 81.4 Å². The minimum Gasteiger partial charge on any atom is -0.494 e. The summed E-state index contributed by atoms with van der Waals surface area (Å²) in [6.45, 7) is 17.2. The Kier molecular flexibility index (Phi) is 12.1. The summed E-state index contributed by atoms with van der Waals surface area (Å²) in [5.41, 5.74) is 4.64. The first-order chi connectivity index (χ1) is 22.0. The first-order valence-corrected chi connectivity index (χ1v) is 15.6. The van der Waals surface area contributed by atoms with Crippen molar-refractivity contribution in [3.05, 3.63) is 40.0 Å². The molecule has 0 saturated carbocycles. The molecule has 0 unspecified atom stereocenters. The van der Waals surface area contributed by atoms with Crippen LogP contribution in [0.3, 0.4) is 0 Å². The SMILES string of the molecule is CCc1c(OC(CC)CC)nn2c(=N)n(CC(=O)c3cc(N4CCOCC4)c(OC)c(C(C)(C)C)c3)nc2c1C.O=C(O)C(F)(F)F. The van der Waals surface area contributed by atoms with Gasteiger partial charge in [-0.1, -0.05) is 41.5 Å². The van der Waals surface area contributed by atoms with Gasteiger partial charge >= 0.3 is 12.1 Å². The molecule has 3 heterocycles. The number of halogens is 3. The molecule has 2 aromatic heterocycles. The first-order valence-electron chi connectivity index (χ1n) is 15.6. The number of hydrogen-bond donors (Lipinski definition) is 2. The summed E-state index contributed by atoms with van der Waals surface area (Å²) in [5.74, 6) is -1.57. The highest BCUT2D eigenvalue weighted by atomic mass is 19.4. The zero-order valence-corrected chi connectivity index (χ0v) is 28.2. The van der Waals surface area contributed by atoms with E-state index in [4.69, 9.17) is 29.5 Å². The van der Waals surface area contributed by atoms with E-state index in [0.717, 1.165) is 60.5 Å². The fourth-order valence-corrected chi connectivity index (χ4v) is 5.24. The van der Waals surface area contributed by atoms with Gasteiger partial charge in [0.1, 0.15) is 12.3 Å². The van der Waals surface area contributed by atoms with Crippen molar-refractivity contribution < 1.29 is 42.1 Å². The predicted molar refractivity (Wildman–Crippen MR) is 169 cm³/mol. The van der Waals surface area contributed by atoms with E-state index < -0.39 is 12.1 Å².